The molecule has 1 aromatic carbocycles. The summed E-state index contributed by atoms with van der Waals surface area (Å²) in [4.78, 5) is 23.9. The Labute approximate surface area is 173 Å². The van der Waals surface area contributed by atoms with Crippen molar-refractivity contribution >= 4 is 23.0 Å². The van der Waals surface area contributed by atoms with Gasteiger partial charge < -0.3 is 20.0 Å². The summed E-state index contributed by atoms with van der Waals surface area (Å²) in [5.41, 5.74) is 3.76. The third kappa shape index (κ3) is 5.07. The number of nitrogens with one attached hydrogen (secondary N) is 1. The van der Waals surface area contributed by atoms with Crippen LogP contribution in [0.15, 0.2) is 42.7 Å². The molecule has 154 valence electrons. The molecular weight excluding hydrogens is 362 g/mol. The molecule has 0 unspecified atom stereocenters. The predicted molar refractivity (Wildman–Crippen MR) is 118 cm³/mol. The van der Waals surface area contributed by atoms with Gasteiger partial charge in [-0.05, 0) is 50.2 Å². The first-order chi connectivity index (χ1) is 14.2. The second-order valence-electron chi connectivity index (χ2n) is 8.13. The van der Waals surface area contributed by atoms with Gasteiger partial charge in [0.1, 0.15) is 0 Å². The van der Waals surface area contributed by atoms with Crippen LogP contribution in [-0.2, 0) is 0 Å². The highest BCUT2D eigenvalue weighted by molar-refractivity contribution is 5.95. The monoisotopic (exact) mass is 393 g/mol. The lowest BCUT2D eigenvalue weighted by Gasteiger charge is -2.34. The number of rotatable bonds is 4. The van der Waals surface area contributed by atoms with Gasteiger partial charge in [0.05, 0.1) is 17.4 Å². The second-order valence-corrected chi connectivity index (χ2v) is 8.13. The van der Waals surface area contributed by atoms with Crippen LogP contribution in [0.1, 0.15) is 36.0 Å². The van der Waals surface area contributed by atoms with Crippen molar-refractivity contribution in [3.8, 4) is 0 Å². The minimum Gasteiger partial charge on any atom is -0.369 e. The average molecular weight is 394 g/mol. The predicted octanol–water partition coefficient (Wildman–Crippen LogP) is 3.59. The topological polar surface area (TPSA) is 51.7 Å². The number of piperazine rings is 1. The number of hydrogen-bond donors (Lipinski definition) is 1. The van der Waals surface area contributed by atoms with E-state index in [9.17, 15) is 4.79 Å². The van der Waals surface area contributed by atoms with Crippen LogP contribution in [0.25, 0.3) is 0 Å². The van der Waals surface area contributed by atoms with Crippen LogP contribution >= 0.6 is 0 Å². The standard InChI is InChI=1S/C23H31N5O/c1-26-12-14-27(15-13-26)22-8-6-20(7-9-22)25-21-16-19(17-24-18-21)23(29)28-10-4-2-3-5-11-28/h6-9,16-18,25H,2-5,10-15H2,1H3. The minimum absolute atomic E-state index is 0.0912. The summed E-state index contributed by atoms with van der Waals surface area (Å²) >= 11 is 0. The molecule has 1 N–H and O–H groups in total. The van der Waals surface area contributed by atoms with Gasteiger partial charge in [-0.25, -0.2) is 0 Å². The fourth-order valence-corrected chi connectivity index (χ4v) is 4.07. The van der Waals surface area contributed by atoms with E-state index in [4.69, 9.17) is 0 Å². The smallest absolute Gasteiger partial charge is 0.255 e. The highest BCUT2D eigenvalue weighted by Crippen LogP contribution is 2.23. The van der Waals surface area contributed by atoms with Crippen LogP contribution in [0, 0.1) is 0 Å². The summed E-state index contributed by atoms with van der Waals surface area (Å²) in [5, 5.41) is 3.39. The molecule has 1 aromatic heterocycles. The van der Waals surface area contributed by atoms with E-state index in [0.717, 1.165) is 63.5 Å². The number of aromatic nitrogens is 1. The summed E-state index contributed by atoms with van der Waals surface area (Å²) in [6.07, 6.45) is 8.07. The normalized spacial score (nSPS) is 18.4. The molecule has 0 atom stereocenters. The summed E-state index contributed by atoms with van der Waals surface area (Å²) < 4.78 is 0. The van der Waals surface area contributed by atoms with E-state index in [1.165, 1.54) is 18.5 Å². The molecule has 2 aromatic rings. The van der Waals surface area contributed by atoms with Crippen LogP contribution in [-0.4, -0.2) is 67.0 Å². The fourth-order valence-electron chi connectivity index (χ4n) is 4.07. The molecule has 2 saturated heterocycles. The zero-order valence-electron chi connectivity index (χ0n) is 17.3. The van der Waals surface area contributed by atoms with Crippen molar-refractivity contribution < 1.29 is 4.79 Å². The molecule has 29 heavy (non-hydrogen) atoms. The van der Waals surface area contributed by atoms with Crippen LogP contribution in [0.4, 0.5) is 17.1 Å². The van der Waals surface area contributed by atoms with Crippen LogP contribution in [0.5, 0.6) is 0 Å². The highest BCUT2D eigenvalue weighted by Gasteiger charge is 2.18. The van der Waals surface area contributed by atoms with Crippen molar-refractivity contribution in [2.75, 3.05) is 56.5 Å². The number of carbonyl (C=O) groups is 1. The molecule has 2 aliphatic heterocycles. The third-order valence-corrected chi connectivity index (χ3v) is 5.90. The molecule has 4 rings (SSSR count). The zero-order valence-corrected chi connectivity index (χ0v) is 17.3. The number of carbonyl (C=O) groups excluding carboxylic acids is 1. The molecule has 2 aliphatic rings. The Balaban J connectivity index is 1.40. The van der Waals surface area contributed by atoms with Crippen molar-refractivity contribution in [2.45, 2.75) is 25.7 Å². The maximum Gasteiger partial charge on any atom is 0.255 e. The Kier molecular flexibility index (Phi) is 6.30. The van der Waals surface area contributed by atoms with Crippen molar-refractivity contribution in [2.24, 2.45) is 0 Å². The molecule has 0 aliphatic carbocycles. The van der Waals surface area contributed by atoms with E-state index in [-0.39, 0.29) is 5.91 Å². The highest BCUT2D eigenvalue weighted by atomic mass is 16.2. The Bertz CT molecular complexity index is 806. The molecule has 6 nitrogen and oxygen atoms in total. The number of hydrogen-bond acceptors (Lipinski definition) is 5. The Morgan fingerprint density at radius 1 is 0.862 bits per heavy atom. The largest absolute Gasteiger partial charge is 0.369 e. The van der Waals surface area contributed by atoms with Crippen molar-refractivity contribution in [3.05, 3.63) is 48.3 Å². The van der Waals surface area contributed by atoms with E-state index < -0.39 is 0 Å². The molecule has 1 amide bonds. The second kappa shape index (κ2) is 9.27. The van der Waals surface area contributed by atoms with Gasteiger partial charge in [0.25, 0.3) is 5.91 Å². The molecule has 0 saturated carbocycles. The number of anilines is 3. The van der Waals surface area contributed by atoms with Crippen molar-refractivity contribution in [3.63, 3.8) is 0 Å². The van der Waals surface area contributed by atoms with Gasteiger partial charge >= 0.3 is 0 Å². The first-order valence-electron chi connectivity index (χ1n) is 10.7. The average Bonchev–Trinajstić information content (AvgIpc) is 3.04. The van der Waals surface area contributed by atoms with E-state index in [1.54, 1.807) is 12.4 Å². The SMILES string of the molecule is CN1CCN(c2ccc(Nc3cncc(C(=O)N4CCCCCC4)c3)cc2)CC1. The van der Waals surface area contributed by atoms with Gasteiger partial charge in [0.2, 0.25) is 0 Å². The molecule has 3 heterocycles. The lowest BCUT2D eigenvalue weighted by atomic mass is 10.2. The number of benzene rings is 1. The van der Waals surface area contributed by atoms with Crippen LogP contribution < -0.4 is 10.2 Å². The Hall–Kier alpha value is -2.60. The van der Waals surface area contributed by atoms with E-state index in [0.29, 0.717) is 5.56 Å². The van der Waals surface area contributed by atoms with Gasteiger partial charge in [0.15, 0.2) is 0 Å². The summed E-state index contributed by atoms with van der Waals surface area (Å²) in [7, 11) is 2.17. The van der Waals surface area contributed by atoms with Gasteiger partial charge in [-0.15, -0.1) is 0 Å². The summed E-state index contributed by atoms with van der Waals surface area (Å²) in [6, 6.07) is 10.4. The third-order valence-electron chi connectivity index (χ3n) is 5.90. The van der Waals surface area contributed by atoms with Crippen LogP contribution in [0.3, 0.4) is 0 Å². The van der Waals surface area contributed by atoms with Crippen LogP contribution in [0.2, 0.25) is 0 Å². The maximum absolute atomic E-state index is 12.8. The van der Waals surface area contributed by atoms with Gasteiger partial charge in [-0.1, -0.05) is 12.8 Å². The Morgan fingerprint density at radius 3 is 2.24 bits per heavy atom. The first kappa shape index (κ1) is 19.7. The number of likely N-dealkylation sites (N-methyl/N-ethyl adjacent to an activating group) is 1. The lowest BCUT2D eigenvalue weighted by Crippen LogP contribution is -2.44. The minimum atomic E-state index is 0.0912. The number of nitrogens with zero attached hydrogens (tertiary/aromatic N) is 4. The number of likely N-dealkylation sites (tertiary alicyclic amines) is 1. The molecular formula is C23H31N5O. The number of amides is 1. The number of pyridine rings is 1. The summed E-state index contributed by atoms with van der Waals surface area (Å²) in [6.45, 7) is 6.03. The van der Waals surface area contributed by atoms with Crippen molar-refractivity contribution in [1.29, 1.82) is 0 Å². The summed E-state index contributed by atoms with van der Waals surface area (Å²) in [5.74, 6) is 0.0912. The van der Waals surface area contributed by atoms with Gasteiger partial charge in [-0.2, -0.15) is 0 Å². The van der Waals surface area contributed by atoms with E-state index >= 15 is 0 Å². The van der Waals surface area contributed by atoms with Crippen molar-refractivity contribution in [1.82, 2.24) is 14.8 Å². The molecule has 0 radical (unpaired) electrons. The fraction of sp³-hybridized carbons (Fsp3) is 0.478. The van der Waals surface area contributed by atoms with Gasteiger partial charge in [-0.3, -0.25) is 9.78 Å². The van der Waals surface area contributed by atoms with Gasteiger partial charge in [0, 0.05) is 56.8 Å². The maximum atomic E-state index is 12.8. The Morgan fingerprint density at radius 2 is 1.55 bits per heavy atom. The molecule has 6 heteroatoms. The first-order valence-corrected chi connectivity index (χ1v) is 10.7. The quantitative estimate of drug-likeness (QED) is 0.860. The molecule has 0 spiro atoms. The molecule has 2 fully saturated rings. The zero-order chi connectivity index (χ0) is 20.1. The molecule has 0 bridgehead atoms. The lowest BCUT2D eigenvalue weighted by molar-refractivity contribution is 0.0761. The van der Waals surface area contributed by atoms with E-state index in [1.807, 2.05) is 11.0 Å². The van der Waals surface area contributed by atoms with E-state index in [2.05, 4.69) is 51.4 Å².